The summed E-state index contributed by atoms with van der Waals surface area (Å²) >= 11 is 0. The maximum absolute atomic E-state index is 2.33. The molecule has 0 amide bonds. The van der Waals surface area contributed by atoms with E-state index >= 15 is 0 Å². The molecule has 0 aromatic heterocycles. The molecule has 0 N–H and O–H groups in total. The second kappa shape index (κ2) is 5.82. The first-order valence-corrected chi connectivity index (χ1v) is 4.88. The molecule has 1 aliphatic rings. The second-order valence-corrected chi connectivity index (χ2v) is 3.33. The van der Waals surface area contributed by atoms with Crippen LogP contribution in [0.25, 0.3) is 0 Å². The Labute approximate surface area is 75.7 Å². The van der Waals surface area contributed by atoms with Crippen LogP contribution in [-0.4, -0.2) is 0 Å². The first-order valence-electron chi connectivity index (χ1n) is 4.88. The van der Waals surface area contributed by atoms with E-state index in [-0.39, 0.29) is 0 Å². The van der Waals surface area contributed by atoms with Crippen LogP contribution in [0.1, 0.15) is 39.0 Å². The Bertz CT molecular complexity index is 194. The van der Waals surface area contributed by atoms with Gasteiger partial charge in [-0.05, 0) is 39.0 Å². The summed E-state index contributed by atoms with van der Waals surface area (Å²) in [5.41, 5.74) is 1.41. The highest BCUT2D eigenvalue weighted by molar-refractivity contribution is 5.16. The van der Waals surface area contributed by atoms with Gasteiger partial charge in [0.15, 0.2) is 0 Å². The zero-order valence-electron chi connectivity index (χ0n) is 7.92. The zero-order valence-corrected chi connectivity index (χ0v) is 7.92. The van der Waals surface area contributed by atoms with Gasteiger partial charge in [0.05, 0.1) is 0 Å². The highest BCUT2D eigenvalue weighted by Crippen LogP contribution is 2.06. The number of allylic oxidation sites excluding steroid dienone is 6. The highest BCUT2D eigenvalue weighted by atomic mass is 13.9. The van der Waals surface area contributed by atoms with Gasteiger partial charge in [-0.25, -0.2) is 0 Å². The van der Waals surface area contributed by atoms with Gasteiger partial charge in [-0.1, -0.05) is 36.0 Å². The van der Waals surface area contributed by atoms with Crippen molar-refractivity contribution in [2.75, 3.05) is 0 Å². The third-order valence-electron chi connectivity index (χ3n) is 2.09. The van der Waals surface area contributed by atoms with Crippen LogP contribution in [0.2, 0.25) is 0 Å². The maximum atomic E-state index is 2.33. The van der Waals surface area contributed by atoms with Crippen molar-refractivity contribution in [3.8, 4) is 0 Å². The zero-order chi connectivity index (χ0) is 8.65. The van der Waals surface area contributed by atoms with E-state index in [0.717, 1.165) is 0 Å². The van der Waals surface area contributed by atoms with Gasteiger partial charge in [-0.3, -0.25) is 0 Å². The number of hydrogen-bond donors (Lipinski definition) is 0. The largest absolute Gasteiger partial charge is 0.0885 e. The molecule has 0 aliphatic heterocycles. The molecule has 0 nitrogen and oxygen atoms in total. The SMILES string of the molecule is CC1=CCCCC=CCCC=C1. The normalized spacial score (nSPS) is 19.9. The van der Waals surface area contributed by atoms with Crippen LogP contribution in [-0.2, 0) is 0 Å². The van der Waals surface area contributed by atoms with Crippen LogP contribution in [0.4, 0.5) is 0 Å². The quantitative estimate of drug-likeness (QED) is 0.472. The first kappa shape index (κ1) is 9.31. The van der Waals surface area contributed by atoms with Gasteiger partial charge in [0.25, 0.3) is 0 Å². The third-order valence-corrected chi connectivity index (χ3v) is 2.09. The summed E-state index contributed by atoms with van der Waals surface area (Å²) in [6, 6.07) is 0. The van der Waals surface area contributed by atoms with Gasteiger partial charge in [-0.15, -0.1) is 0 Å². The summed E-state index contributed by atoms with van der Waals surface area (Å²) in [6.07, 6.45) is 17.6. The topological polar surface area (TPSA) is 0 Å². The average Bonchev–Trinajstić information content (AvgIpc) is 2.11. The van der Waals surface area contributed by atoms with Crippen LogP contribution < -0.4 is 0 Å². The minimum atomic E-state index is 1.18. The summed E-state index contributed by atoms with van der Waals surface area (Å²) in [6.45, 7) is 2.18. The lowest BCUT2D eigenvalue weighted by atomic mass is 10.1. The van der Waals surface area contributed by atoms with Gasteiger partial charge in [0.1, 0.15) is 0 Å². The van der Waals surface area contributed by atoms with Crippen molar-refractivity contribution in [1.82, 2.24) is 0 Å². The van der Waals surface area contributed by atoms with Crippen molar-refractivity contribution in [2.45, 2.75) is 39.0 Å². The van der Waals surface area contributed by atoms with Crippen LogP contribution in [0.15, 0.2) is 36.0 Å². The molecule has 0 unspecified atom stereocenters. The molecule has 0 fully saturated rings. The molecular formula is C12H18. The molecule has 0 atom stereocenters. The van der Waals surface area contributed by atoms with Gasteiger partial charge in [-0.2, -0.15) is 0 Å². The van der Waals surface area contributed by atoms with Gasteiger partial charge in [0.2, 0.25) is 0 Å². The van der Waals surface area contributed by atoms with E-state index in [4.69, 9.17) is 0 Å². The number of hydrogen-bond acceptors (Lipinski definition) is 0. The molecule has 0 aromatic carbocycles. The fourth-order valence-corrected chi connectivity index (χ4v) is 1.33. The van der Waals surface area contributed by atoms with Crippen molar-refractivity contribution < 1.29 is 0 Å². The average molecular weight is 162 g/mol. The Morgan fingerprint density at radius 2 is 1.67 bits per heavy atom. The molecule has 0 heterocycles. The standard InChI is InChI=1S/C12H18/c1-12-10-8-6-4-2-3-5-7-9-11-12/h2-3,8,10-11H,4-7,9H2,1H3. The molecule has 0 radical (unpaired) electrons. The molecule has 0 saturated carbocycles. The van der Waals surface area contributed by atoms with E-state index in [2.05, 4.69) is 37.3 Å². The Morgan fingerprint density at radius 1 is 0.917 bits per heavy atom. The number of rotatable bonds is 0. The Hall–Kier alpha value is -0.780. The summed E-state index contributed by atoms with van der Waals surface area (Å²) in [5.74, 6) is 0. The van der Waals surface area contributed by atoms with Crippen LogP contribution >= 0.6 is 0 Å². The van der Waals surface area contributed by atoms with Crippen LogP contribution in [0, 0.1) is 0 Å². The van der Waals surface area contributed by atoms with Gasteiger partial charge >= 0.3 is 0 Å². The lowest BCUT2D eigenvalue weighted by molar-refractivity contribution is 0.861. The van der Waals surface area contributed by atoms with Crippen LogP contribution in [0.3, 0.4) is 0 Å². The highest BCUT2D eigenvalue weighted by Gasteiger charge is 1.86. The molecule has 0 spiro atoms. The predicted octanol–water partition coefficient (Wildman–Crippen LogP) is 4.01. The summed E-state index contributed by atoms with van der Waals surface area (Å²) in [5, 5.41) is 0. The molecule has 0 saturated heterocycles. The Kier molecular flexibility index (Phi) is 4.51. The molecular weight excluding hydrogens is 144 g/mol. The molecule has 0 heteroatoms. The first-order chi connectivity index (χ1) is 5.89. The maximum Gasteiger partial charge on any atom is -0.0313 e. The summed E-state index contributed by atoms with van der Waals surface area (Å²) in [7, 11) is 0. The summed E-state index contributed by atoms with van der Waals surface area (Å²) < 4.78 is 0. The van der Waals surface area contributed by atoms with E-state index in [1.54, 1.807) is 0 Å². The van der Waals surface area contributed by atoms with Gasteiger partial charge in [0, 0.05) is 0 Å². The van der Waals surface area contributed by atoms with Crippen molar-refractivity contribution >= 4 is 0 Å². The fourth-order valence-electron chi connectivity index (χ4n) is 1.33. The predicted molar refractivity (Wildman–Crippen MR) is 55.1 cm³/mol. The van der Waals surface area contributed by atoms with Gasteiger partial charge < -0.3 is 0 Å². The van der Waals surface area contributed by atoms with E-state index in [1.807, 2.05) is 0 Å². The molecule has 1 aliphatic carbocycles. The van der Waals surface area contributed by atoms with E-state index < -0.39 is 0 Å². The van der Waals surface area contributed by atoms with Crippen LogP contribution in [0.5, 0.6) is 0 Å². The lowest BCUT2D eigenvalue weighted by Crippen LogP contribution is -1.71. The minimum absolute atomic E-state index is 1.18. The van der Waals surface area contributed by atoms with Crippen molar-refractivity contribution in [3.05, 3.63) is 36.0 Å². The van der Waals surface area contributed by atoms with E-state index in [1.165, 1.54) is 37.7 Å². The van der Waals surface area contributed by atoms with E-state index in [0.29, 0.717) is 0 Å². The van der Waals surface area contributed by atoms with E-state index in [9.17, 15) is 0 Å². The van der Waals surface area contributed by atoms with Crippen molar-refractivity contribution in [2.24, 2.45) is 0 Å². The molecule has 1 rings (SSSR count). The smallest absolute Gasteiger partial charge is 0.0313 e. The molecule has 12 heavy (non-hydrogen) atoms. The molecule has 66 valence electrons. The van der Waals surface area contributed by atoms with Crippen molar-refractivity contribution in [3.63, 3.8) is 0 Å². The second-order valence-electron chi connectivity index (χ2n) is 3.33. The molecule has 0 bridgehead atoms. The Morgan fingerprint density at radius 3 is 2.58 bits per heavy atom. The van der Waals surface area contributed by atoms with Crippen molar-refractivity contribution in [1.29, 1.82) is 0 Å². The molecule has 0 aromatic rings. The Balaban J connectivity index is 2.46. The third kappa shape index (κ3) is 4.17. The monoisotopic (exact) mass is 162 g/mol. The fraction of sp³-hybridized carbons (Fsp3) is 0.500. The lowest BCUT2D eigenvalue weighted by Gasteiger charge is -1.92. The summed E-state index contributed by atoms with van der Waals surface area (Å²) in [4.78, 5) is 0. The minimum Gasteiger partial charge on any atom is -0.0885 e.